The van der Waals surface area contributed by atoms with Gasteiger partial charge in [-0.3, -0.25) is 4.99 Å². The molecule has 6 heteroatoms. The summed E-state index contributed by atoms with van der Waals surface area (Å²) in [5.74, 6) is 2.96. The lowest BCUT2D eigenvalue weighted by molar-refractivity contribution is 0.288. The molecule has 1 heterocycles. The van der Waals surface area contributed by atoms with Crippen LogP contribution in [0, 0.1) is 5.92 Å². The topological polar surface area (TPSA) is 67.8 Å². The van der Waals surface area contributed by atoms with Crippen LogP contribution in [0.2, 0.25) is 0 Å². The molecule has 0 saturated heterocycles. The van der Waals surface area contributed by atoms with Gasteiger partial charge in [-0.05, 0) is 36.5 Å². The van der Waals surface area contributed by atoms with E-state index in [9.17, 15) is 0 Å². The number of nitrogens with one attached hydrogen (secondary N) is 2. The van der Waals surface area contributed by atoms with E-state index in [4.69, 9.17) is 9.47 Å². The van der Waals surface area contributed by atoms with Crippen LogP contribution in [0.3, 0.4) is 0 Å². The van der Waals surface area contributed by atoms with Gasteiger partial charge in [0, 0.05) is 38.0 Å². The van der Waals surface area contributed by atoms with E-state index in [0.29, 0.717) is 31.5 Å². The molecule has 1 fully saturated rings. The number of aliphatic imine (C=N–C) groups is 1. The van der Waals surface area contributed by atoms with Crippen LogP contribution in [0.1, 0.15) is 24.0 Å². The van der Waals surface area contributed by atoms with Crippen LogP contribution in [-0.2, 0) is 13.1 Å². The number of guanidine groups is 1. The Morgan fingerprint density at radius 3 is 2.82 bits per heavy atom. The predicted molar refractivity (Wildman–Crippen MR) is 112 cm³/mol. The summed E-state index contributed by atoms with van der Waals surface area (Å²) in [6.07, 6.45) is 6.06. The van der Waals surface area contributed by atoms with E-state index >= 15 is 0 Å². The molecule has 0 radical (unpaired) electrons. The second-order valence-electron chi connectivity index (χ2n) is 6.74. The van der Waals surface area contributed by atoms with Crippen molar-refractivity contribution < 1.29 is 9.47 Å². The number of nitrogens with zero attached hydrogens (tertiary/aromatic N) is 2. The number of hydrogen-bond donors (Lipinski definition) is 2. The third-order valence-electron chi connectivity index (χ3n) is 4.42. The highest BCUT2D eigenvalue weighted by atomic mass is 16.5. The van der Waals surface area contributed by atoms with Crippen LogP contribution >= 0.6 is 0 Å². The van der Waals surface area contributed by atoms with Crippen LogP contribution in [0.15, 0.2) is 60.2 Å². The van der Waals surface area contributed by atoms with Crippen molar-refractivity contribution in [2.24, 2.45) is 10.9 Å². The van der Waals surface area contributed by atoms with E-state index in [1.807, 2.05) is 36.4 Å². The van der Waals surface area contributed by atoms with Crippen LogP contribution in [0.25, 0.3) is 0 Å². The maximum atomic E-state index is 5.75. The van der Waals surface area contributed by atoms with Crippen LogP contribution in [-0.4, -0.2) is 31.2 Å². The Morgan fingerprint density at radius 2 is 2.04 bits per heavy atom. The van der Waals surface area contributed by atoms with Crippen molar-refractivity contribution in [3.63, 3.8) is 0 Å². The predicted octanol–water partition coefficient (Wildman–Crippen LogP) is 3.30. The Kier molecular flexibility index (Phi) is 7.29. The first-order valence-electron chi connectivity index (χ1n) is 9.62. The van der Waals surface area contributed by atoms with Crippen LogP contribution in [0.4, 0.5) is 0 Å². The minimum Gasteiger partial charge on any atom is -0.489 e. The summed E-state index contributed by atoms with van der Waals surface area (Å²) in [5.41, 5.74) is 2.16. The van der Waals surface area contributed by atoms with Crippen molar-refractivity contribution in [1.29, 1.82) is 0 Å². The van der Waals surface area contributed by atoms with E-state index in [0.717, 1.165) is 29.4 Å². The second kappa shape index (κ2) is 10.3. The highest BCUT2D eigenvalue weighted by Crippen LogP contribution is 2.29. The molecule has 0 atom stereocenters. The van der Waals surface area contributed by atoms with Gasteiger partial charge in [-0.2, -0.15) is 0 Å². The van der Waals surface area contributed by atoms with Crippen molar-refractivity contribution in [3.05, 3.63) is 66.4 Å². The van der Waals surface area contributed by atoms with Gasteiger partial charge in [-0.15, -0.1) is 0 Å². The van der Waals surface area contributed by atoms with Gasteiger partial charge in [0.25, 0.3) is 0 Å². The molecule has 6 nitrogen and oxygen atoms in total. The van der Waals surface area contributed by atoms with Gasteiger partial charge < -0.3 is 20.1 Å². The van der Waals surface area contributed by atoms with Crippen LogP contribution in [0.5, 0.6) is 11.6 Å². The summed E-state index contributed by atoms with van der Waals surface area (Å²) < 4.78 is 11.4. The zero-order valence-electron chi connectivity index (χ0n) is 16.4. The van der Waals surface area contributed by atoms with E-state index in [-0.39, 0.29) is 0 Å². The number of aromatic nitrogens is 1. The fraction of sp³-hybridized carbons (Fsp3) is 0.364. The summed E-state index contributed by atoms with van der Waals surface area (Å²) in [5, 5.41) is 6.64. The molecule has 28 heavy (non-hydrogen) atoms. The zero-order valence-corrected chi connectivity index (χ0v) is 16.4. The first kappa shape index (κ1) is 19.7. The molecule has 2 aromatic rings. The van der Waals surface area contributed by atoms with Gasteiger partial charge in [0.2, 0.25) is 5.88 Å². The zero-order chi connectivity index (χ0) is 19.6. The van der Waals surface area contributed by atoms with Gasteiger partial charge in [0.1, 0.15) is 12.4 Å². The molecule has 1 aliphatic rings. The van der Waals surface area contributed by atoms with E-state index in [1.165, 1.54) is 12.8 Å². The number of para-hydroxylation sites is 1. The monoisotopic (exact) mass is 380 g/mol. The average molecular weight is 380 g/mol. The van der Waals surface area contributed by atoms with Crippen molar-refractivity contribution in [2.75, 3.05) is 20.3 Å². The molecule has 1 saturated carbocycles. The second-order valence-corrected chi connectivity index (χ2v) is 6.74. The smallest absolute Gasteiger partial charge is 0.213 e. The third kappa shape index (κ3) is 6.30. The maximum Gasteiger partial charge on any atom is 0.213 e. The molecule has 0 bridgehead atoms. The summed E-state index contributed by atoms with van der Waals surface area (Å²) in [6, 6.07) is 11.9. The van der Waals surface area contributed by atoms with Gasteiger partial charge in [-0.1, -0.05) is 30.9 Å². The fourth-order valence-corrected chi connectivity index (χ4v) is 2.65. The summed E-state index contributed by atoms with van der Waals surface area (Å²) in [4.78, 5) is 8.57. The molecular weight excluding hydrogens is 352 g/mol. The average Bonchev–Trinajstić information content (AvgIpc) is 3.56. The van der Waals surface area contributed by atoms with Crippen LogP contribution < -0.4 is 20.1 Å². The van der Waals surface area contributed by atoms with Crippen molar-refractivity contribution in [1.82, 2.24) is 15.6 Å². The summed E-state index contributed by atoms with van der Waals surface area (Å²) >= 11 is 0. The van der Waals surface area contributed by atoms with Crippen molar-refractivity contribution in [2.45, 2.75) is 25.9 Å². The SMILES string of the molecule is C=CCOc1ccccc1CNC(=NC)NCc1ccnc(OCC2CC2)c1. The minimum absolute atomic E-state index is 0.483. The lowest BCUT2D eigenvalue weighted by Crippen LogP contribution is -2.36. The van der Waals surface area contributed by atoms with Gasteiger partial charge in [0.15, 0.2) is 5.96 Å². The van der Waals surface area contributed by atoms with Crippen molar-refractivity contribution in [3.8, 4) is 11.6 Å². The molecule has 0 aliphatic heterocycles. The third-order valence-corrected chi connectivity index (χ3v) is 4.42. The Morgan fingerprint density at radius 1 is 1.21 bits per heavy atom. The van der Waals surface area contributed by atoms with E-state index in [1.54, 1.807) is 19.3 Å². The fourth-order valence-electron chi connectivity index (χ4n) is 2.65. The molecule has 1 aromatic carbocycles. The Bertz CT molecular complexity index is 803. The molecule has 0 amide bonds. The molecule has 1 aliphatic carbocycles. The van der Waals surface area contributed by atoms with Crippen molar-refractivity contribution >= 4 is 5.96 Å². The molecule has 148 valence electrons. The highest BCUT2D eigenvalue weighted by Gasteiger charge is 2.22. The maximum absolute atomic E-state index is 5.75. The first-order valence-corrected chi connectivity index (χ1v) is 9.62. The minimum atomic E-state index is 0.483. The molecular formula is C22H28N4O2. The standard InChI is InChI=1S/C22H28N4O2/c1-3-12-27-20-7-5-4-6-19(20)15-26-22(23-2)25-14-18-10-11-24-21(13-18)28-16-17-8-9-17/h3-7,10-11,13,17H,1,8-9,12,14-16H2,2H3,(H2,23,25,26). The summed E-state index contributed by atoms with van der Waals surface area (Å²) in [6.45, 7) is 6.19. The first-order chi connectivity index (χ1) is 13.8. The summed E-state index contributed by atoms with van der Waals surface area (Å²) in [7, 11) is 1.76. The number of pyridine rings is 1. The normalized spacial score (nSPS) is 13.7. The molecule has 2 N–H and O–H groups in total. The largest absolute Gasteiger partial charge is 0.489 e. The van der Waals surface area contributed by atoms with E-state index in [2.05, 4.69) is 27.2 Å². The number of ether oxygens (including phenoxy) is 2. The molecule has 0 unspecified atom stereocenters. The van der Waals surface area contributed by atoms with Gasteiger partial charge in [0.05, 0.1) is 6.61 Å². The number of rotatable bonds is 10. The number of benzene rings is 1. The molecule has 3 rings (SSSR count). The van der Waals surface area contributed by atoms with E-state index < -0.39 is 0 Å². The number of hydrogen-bond acceptors (Lipinski definition) is 4. The molecule has 1 aromatic heterocycles. The lowest BCUT2D eigenvalue weighted by Gasteiger charge is -2.14. The Hall–Kier alpha value is -3.02. The van der Waals surface area contributed by atoms with Gasteiger partial charge >= 0.3 is 0 Å². The quantitative estimate of drug-likeness (QED) is 0.376. The Labute approximate surface area is 166 Å². The van der Waals surface area contributed by atoms with Gasteiger partial charge in [-0.25, -0.2) is 4.98 Å². The highest BCUT2D eigenvalue weighted by molar-refractivity contribution is 5.79. The Balaban J connectivity index is 1.49. The lowest BCUT2D eigenvalue weighted by atomic mass is 10.2. The molecule has 0 spiro atoms.